The topological polar surface area (TPSA) is 78.9 Å². The Bertz CT molecular complexity index is 576. The molecule has 0 aromatic heterocycles. The normalized spacial score (nSPS) is 17.7. The molecule has 0 saturated carbocycles. The van der Waals surface area contributed by atoms with Gasteiger partial charge in [-0.25, -0.2) is 4.79 Å². The fourth-order valence-corrected chi connectivity index (χ4v) is 2.92. The number of likely N-dealkylation sites (tertiary alicyclic amines) is 1. The summed E-state index contributed by atoms with van der Waals surface area (Å²) in [7, 11) is 1.53. The summed E-state index contributed by atoms with van der Waals surface area (Å²) in [6.45, 7) is 2.55. The van der Waals surface area contributed by atoms with Gasteiger partial charge < -0.3 is 20.1 Å². The summed E-state index contributed by atoms with van der Waals surface area (Å²) >= 11 is 3.38. The van der Waals surface area contributed by atoms with Gasteiger partial charge in [-0.3, -0.25) is 4.79 Å². The van der Waals surface area contributed by atoms with Crippen LogP contribution in [0.1, 0.15) is 12.0 Å². The van der Waals surface area contributed by atoms with E-state index in [4.69, 9.17) is 9.84 Å². The quantitative estimate of drug-likeness (QED) is 0.872. The van der Waals surface area contributed by atoms with Crippen LogP contribution in [0.25, 0.3) is 0 Å². The van der Waals surface area contributed by atoms with E-state index in [1.165, 1.54) is 12.0 Å². The van der Waals surface area contributed by atoms with E-state index in [0.29, 0.717) is 24.4 Å². The zero-order valence-electron chi connectivity index (χ0n) is 11.9. The molecule has 21 heavy (non-hydrogen) atoms. The molecule has 0 radical (unpaired) electrons. The minimum Gasteiger partial charge on any atom is -0.495 e. The minimum absolute atomic E-state index is 0.235. The van der Waals surface area contributed by atoms with Crippen molar-refractivity contribution in [1.29, 1.82) is 0 Å². The Morgan fingerprint density at radius 3 is 2.76 bits per heavy atom. The molecule has 1 fully saturated rings. The summed E-state index contributed by atoms with van der Waals surface area (Å²) in [5, 5.41) is 11.8. The van der Waals surface area contributed by atoms with Gasteiger partial charge in [-0.15, -0.1) is 0 Å². The van der Waals surface area contributed by atoms with E-state index in [-0.39, 0.29) is 12.6 Å². The Labute approximate surface area is 131 Å². The summed E-state index contributed by atoms with van der Waals surface area (Å²) in [4.78, 5) is 24.7. The van der Waals surface area contributed by atoms with E-state index >= 15 is 0 Å². The van der Waals surface area contributed by atoms with Crippen molar-refractivity contribution < 1.29 is 19.4 Å². The van der Waals surface area contributed by atoms with Gasteiger partial charge in [-0.1, -0.05) is 15.9 Å². The van der Waals surface area contributed by atoms with E-state index in [9.17, 15) is 9.59 Å². The fraction of sp³-hybridized carbons (Fsp3) is 0.429. The number of benzene rings is 1. The Kier molecular flexibility index (Phi) is 4.72. The second-order valence-corrected chi connectivity index (χ2v) is 5.92. The Balaban J connectivity index is 2.12. The molecule has 1 unspecified atom stereocenters. The van der Waals surface area contributed by atoms with Crippen LogP contribution in [0.3, 0.4) is 0 Å². The number of aliphatic carboxylic acids is 1. The van der Waals surface area contributed by atoms with Gasteiger partial charge in [-0.2, -0.15) is 0 Å². The minimum atomic E-state index is -0.859. The third kappa shape index (κ3) is 3.47. The van der Waals surface area contributed by atoms with Crippen molar-refractivity contribution in [2.24, 2.45) is 5.92 Å². The van der Waals surface area contributed by atoms with Gasteiger partial charge in [-0.05, 0) is 31.0 Å². The average molecular weight is 357 g/mol. The van der Waals surface area contributed by atoms with Crippen LogP contribution in [0.5, 0.6) is 5.75 Å². The monoisotopic (exact) mass is 356 g/mol. The number of carboxylic acid groups (broad SMARTS) is 1. The van der Waals surface area contributed by atoms with Gasteiger partial charge >= 0.3 is 12.0 Å². The van der Waals surface area contributed by atoms with Gasteiger partial charge in [0.25, 0.3) is 0 Å². The summed E-state index contributed by atoms with van der Waals surface area (Å²) in [5.41, 5.74) is 1.47. The average Bonchev–Trinajstić information content (AvgIpc) is 2.91. The number of carbonyl (C=O) groups is 2. The number of urea groups is 1. The molecular weight excluding hydrogens is 340 g/mol. The SMILES string of the molecule is COc1cc(Br)cc(C)c1NC(=O)N1CCC(C(=O)O)C1. The molecule has 0 spiro atoms. The number of ether oxygens (including phenoxy) is 1. The third-order valence-corrected chi connectivity index (χ3v) is 4.00. The zero-order chi connectivity index (χ0) is 15.6. The largest absolute Gasteiger partial charge is 0.495 e. The van der Waals surface area contributed by atoms with Crippen molar-refractivity contribution >= 4 is 33.6 Å². The summed E-state index contributed by atoms with van der Waals surface area (Å²) in [5.74, 6) is -0.782. The molecule has 2 amide bonds. The molecule has 0 aliphatic carbocycles. The van der Waals surface area contributed by atoms with E-state index in [2.05, 4.69) is 21.2 Å². The Hall–Kier alpha value is -1.76. The smallest absolute Gasteiger partial charge is 0.321 e. The number of carboxylic acids is 1. The number of halogens is 1. The predicted octanol–water partition coefficient (Wildman–Crippen LogP) is 2.70. The summed E-state index contributed by atoms with van der Waals surface area (Å²) in [6, 6.07) is 3.34. The molecule has 1 saturated heterocycles. The number of amides is 2. The molecule has 1 heterocycles. The number of rotatable bonds is 3. The number of aryl methyl sites for hydroxylation is 1. The van der Waals surface area contributed by atoms with Crippen molar-refractivity contribution in [1.82, 2.24) is 4.90 Å². The lowest BCUT2D eigenvalue weighted by Crippen LogP contribution is -2.34. The van der Waals surface area contributed by atoms with E-state index in [0.717, 1.165) is 10.0 Å². The molecule has 1 aromatic carbocycles. The zero-order valence-corrected chi connectivity index (χ0v) is 13.4. The highest BCUT2D eigenvalue weighted by Gasteiger charge is 2.31. The summed E-state index contributed by atoms with van der Waals surface area (Å²) in [6.07, 6.45) is 0.485. The molecule has 1 atom stereocenters. The van der Waals surface area contributed by atoms with Gasteiger partial charge in [0.1, 0.15) is 5.75 Å². The lowest BCUT2D eigenvalue weighted by atomic mass is 10.1. The van der Waals surface area contributed by atoms with Crippen LogP contribution in [-0.2, 0) is 4.79 Å². The standard InChI is InChI=1S/C14H17BrN2O4/c1-8-5-10(15)6-11(21-2)12(8)16-14(20)17-4-3-9(7-17)13(18)19/h5-6,9H,3-4,7H2,1-2H3,(H,16,20)(H,18,19). The molecule has 1 aliphatic heterocycles. The molecule has 1 aromatic rings. The first-order valence-electron chi connectivity index (χ1n) is 6.55. The van der Waals surface area contributed by atoms with Crippen LogP contribution in [0.15, 0.2) is 16.6 Å². The molecule has 114 valence electrons. The lowest BCUT2D eigenvalue weighted by molar-refractivity contribution is -0.141. The lowest BCUT2D eigenvalue weighted by Gasteiger charge is -2.19. The second-order valence-electron chi connectivity index (χ2n) is 5.00. The first kappa shape index (κ1) is 15.6. The highest BCUT2D eigenvalue weighted by molar-refractivity contribution is 9.10. The van der Waals surface area contributed by atoms with E-state index in [1.54, 1.807) is 6.07 Å². The Morgan fingerprint density at radius 2 is 2.19 bits per heavy atom. The van der Waals surface area contributed by atoms with Gasteiger partial charge in [0.15, 0.2) is 0 Å². The maximum Gasteiger partial charge on any atom is 0.321 e. The number of carbonyl (C=O) groups excluding carboxylic acids is 1. The van der Waals surface area contributed by atoms with Crippen LogP contribution in [0, 0.1) is 12.8 Å². The van der Waals surface area contributed by atoms with Crippen LogP contribution in [0.2, 0.25) is 0 Å². The molecule has 2 rings (SSSR count). The van der Waals surface area contributed by atoms with E-state index < -0.39 is 11.9 Å². The molecule has 6 nitrogen and oxygen atoms in total. The number of hydrogen-bond donors (Lipinski definition) is 2. The first-order chi connectivity index (χ1) is 9.92. The maximum atomic E-state index is 12.2. The number of hydrogen-bond acceptors (Lipinski definition) is 3. The van der Waals surface area contributed by atoms with Crippen LogP contribution < -0.4 is 10.1 Å². The second kappa shape index (κ2) is 6.34. The first-order valence-corrected chi connectivity index (χ1v) is 7.34. The molecule has 7 heteroatoms. The van der Waals surface area contributed by atoms with Gasteiger partial charge in [0, 0.05) is 17.6 Å². The molecule has 1 aliphatic rings. The number of nitrogens with zero attached hydrogens (tertiary/aromatic N) is 1. The highest BCUT2D eigenvalue weighted by Crippen LogP contribution is 2.32. The van der Waals surface area contributed by atoms with Crippen molar-refractivity contribution in [2.75, 3.05) is 25.5 Å². The van der Waals surface area contributed by atoms with Crippen LogP contribution >= 0.6 is 15.9 Å². The van der Waals surface area contributed by atoms with Crippen molar-refractivity contribution in [3.05, 3.63) is 22.2 Å². The number of nitrogens with one attached hydrogen (secondary N) is 1. The molecule has 0 bridgehead atoms. The number of anilines is 1. The molecule has 2 N–H and O–H groups in total. The Morgan fingerprint density at radius 1 is 1.48 bits per heavy atom. The fourth-order valence-electron chi connectivity index (χ4n) is 2.37. The van der Waals surface area contributed by atoms with Crippen LogP contribution in [-0.4, -0.2) is 42.2 Å². The van der Waals surface area contributed by atoms with Crippen molar-refractivity contribution in [2.45, 2.75) is 13.3 Å². The van der Waals surface area contributed by atoms with Crippen molar-refractivity contribution in [3.63, 3.8) is 0 Å². The maximum absolute atomic E-state index is 12.2. The highest BCUT2D eigenvalue weighted by atomic mass is 79.9. The predicted molar refractivity (Wildman–Crippen MR) is 81.8 cm³/mol. The summed E-state index contributed by atoms with van der Waals surface area (Å²) < 4.78 is 6.14. The molecular formula is C14H17BrN2O4. The third-order valence-electron chi connectivity index (χ3n) is 3.54. The van der Waals surface area contributed by atoms with E-state index in [1.807, 2.05) is 13.0 Å². The van der Waals surface area contributed by atoms with Crippen LogP contribution in [0.4, 0.5) is 10.5 Å². The van der Waals surface area contributed by atoms with Gasteiger partial charge in [0.05, 0.1) is 18.7 Å². The number of methoxy groups -OCH3 is 1. The van der Waals surface area contributed by atoms with Gasteiger partial charge in [0.2, 0.25) is 0 Å². The van der Waals surface area contributed by atoms with Crippen molar-refractivity contribution in [3.8, 4) is 5.75 Å².